The largest absolute Gasteiger partial charge is 0.508 e. The van der Waals surface area contributed by atoms with Crippen molar-refractivity contribution in [3.05, 3.63) is 264 Å². The summed E-state index contributed by atoms with van der Waals surface area (Å²) < 4.78 is 6.26. The van der Waals surface area contributed by atoms with E-state index in [1.54, 1.807) is 73.7 Å². The number of halogens is 2. The van der Waals surface area contributed by atoms with Crippen molar-refractivity contribution in [2.45, 2.75) is 69.2 Å². The fourth-order valence-electron chi connectivity index (χ4n) is 10.6. The van der Waals surface area contributed by atoms with Crippen molar-refractivity contribution in [3.8, 4) is 85.8 Å². The quantitative estimate of drug-likeness (QED) is 0.0665. The monoisotopic (exact) mass is 1320 g/mol. The average molecular weight is 1320 g/mol. The SMILES string of the molecule is C=c1ccc2c(c1)Oc1cc(N(CC)CC)ccc1C=2c1ccccc1C(=O)O.Cc1cc(C)c(O)c(-n2nc3ccc(Cl)cc3n2)c1.Cc1cc(O)c(Cl)cc1O.Cc1ccc(-c2nc(-c3ccc(C)cc3O)nc(-c3ccc(C)cc3O)n2)c(C)c1.Cc1ccc(O)cc1. The predicted octanol–water partition coefficient (Wildman–Crippen LogP) is 16.7. The number of nitrogens with zero attached hydrogens (tertiary/aromatic N) is 7. The molecule has 1 aliphatic rings. The van der Waals surface area contributed by atoms with Gasteiger partial charge in [-0.05, 0) is 204 Å². The summed E-state index contributed by atoms with van der Waals surface area (Å²) in [7, 11) is 0. The predicted molar refractivity (Wildman–Crippen MR) is 382 cm³/mol. The molecule has 12 aromatic rings. The number of rotatable bonds is 9. The highest BCUT2D eigenvalue weighted by atomic mass is 35.5. The number of carboxylic acids is 1. The first-order valence-corrected chi connectivity index (χ1v) is 31.5. The first-order chi connectivity index (χ1) is 45.8. The van der Waals surface area contributed by atoms with Crippen LogP contribution < -0.4 is 20.1 Å². The van der Waals surface area contributed by atoms with Crippen molar-refractivity contribution in [2.24, 2.45) is 0 Å². The highest BCUT2D eigenvalue weighted by molar-refractivity contribution is 6.32. The third-order valence-corrected chi connectivity index (χ3v) is 16.2. The lowest BCUT2D eigenvalue weighted by molar-refractivity contribution is 0.0696. The Hall–Kier alpha value is -11.2. The molecule has 0 bridgehead atoms. The second-order valence-corrected chi connectivity index (χ2v) is 24.0. The summed E-state index contributed by atoms with van der Waals surface area (Å²) in [5.41, 5.74) is 15.4. The summed E-state index contributed by atoms with van der Waals surface area (Å²) in [6, 6.07) is 54.7. The molecule has 7 N–H and O–H groups in total. The third kappa shape index (κ3) is 16.4. The lowest BCUT2D eigenvalue weighted by Gasteiger charge is -2.26. The van der Waals surface area contributed by atoms with Crippen LogP contribution in [0, 0.1) is 55.4 Å². The molecule has 0 atom stereocenters. The molecule has 0 radical (unpaired) electrons. The number of phenolic OH excluding ortho intramolecular Hbond substituents is 6. The molecule has 18 heteroatoms. The summed E-state index contributed by atoms with van der Waals surface area (Å²) >= 11 is 11.4. The van der Waals surface area contributed by atoms with E-state index in [2.05, 4.69) is 62.6 Å². The van der Waals surface area contributed by atoms with Crippen LogP contribution in [0.2, 0.25) is 10.0 Å². The van der Waals surface area contributed by atoms with Crippen molar-refractivity contribution >= 4 is 58.0 Å². The molecule has 0 unspecified atom stereocenters. The Balaban J connectivity index is 0.000000152. The van der Waals surface area contributed by atoms with E-state index in [1.807, 2.05) is 139 Å². The number of phenols is 6. The zero-order valence-corrected chi connectivity index (χ0v) is 56.3. The molecule has 488 valence electrons. The molecule has 16 nitrogen and oxygen atoms in total. The summed E-state index contributed by atoms with van der Waals surface area (Å²) in [6.07, 6.45) is 0. The number of fused-ring (bicyclic) bond motifs is 3. The number of aromatic carboxylic acids is 1. The van der Waals surface area contributed by atoms with Crippen LogP contribution in [0.3, 0.4) is 0 Å². The van der Waals surface area contributed by atoms with E-state index in [1.165, 1.54) is 22.5 Å². The summed E-state index contributed by atoms with van der Waals surface area (Å²) in [4.78, 5) is 29.5. The number of aromatic hydroxyl groups is 6. The maximum Gasteiger partial charge on any atom is 0.336 e. The topological polar surface area (TPSA) is 241 Å². The number of anilines is 1. The molecule has 2 aromatic heterocycles. The fraction of sp³-hybridized carbons (Fsp3) is 0.154. The van der Waals surface area contributed by atoms with Crippen LogP contribution in [0.5, 0.6) is 46.0 Å². The molecular formula is C78H73Cl2N7O9. The van der Waals surface area contributed by atoms with E-state index >= 15 is 0 Å². The maximum absolute atomic E-state index is 11.9. The van der Waals surface area contributed by atoms with Gasteiger partial charge in [0.1, 0.15) is 62.7 Å². The van der Waals surface area contributed by atoms with Crippen molar-refractivity contribution in [1.82, 2.24) is 29.9 Å². The number of hydrogen-bond donors (Lipinski definition) is 7. The third-order valence-electron chi connectivity index (χ3n) is 15.7. The molecular weight excluding hydrogens is 1250 g/mol. The standard InChI is InChI=1S/C25H23N3O2.C25H23NO3.C14H12ClN3O.C7H7ClO2.C7H8O/c1-14-5-8-18(17(4)11-14)23-26-24(19-9-6-15(2)12-21(19)29)28-25(27-23)20-10-7-16(3)13-22(20)30;1-4-26(5-2)17-11-13-21-23(15-17)29-22-14-16(3)10-12-20(22)24(21)18-8-6-7-9-19(18)25(27)28;1-8-5-9(2)14(19)13(6-8)18-16-11-4-3-10(15)7-12(11)17-18;1-4-2-7(10)5(8)3-6(4)9;1-6-2-4-7(8)5-3-6/h5-13,29-30H,1-4H3;6-15H,3-5H2,1-2H3,(H,27,28);3-7,19H,1-2H3;2-3,9-10H,1H3;2-5,8H,1H3. The molecule has 0 amide bonds. The number of benzene rings is 10. The lowest BCUT2D eigenvalue weighted by Crippen LogP contribution is -2.23. The average Bonchev–Trinajstić information content (AvgIpc) is 0.904. The van der Waals surface area contributed by atoms with Crippen molar-refractivity contribution in [3.63, 3.8) is 0 Å². The molecule has 0 spiro atoms. The zero-order chi connectivity index (χ0) is 69.2. The molecule has 1 aliphatic heterocycles. The molecule has 0 fully saturated rings. The van der Waals surface area contributed by atoms with Gasteiger partial charge in [-0.1, -0.05) is 120 Å². The van der Waals surface area contributed by atoms with Crippen LogP contribution in [0.15, 0.2) is 182 Å². The minimum Gasteiger partial charge on any atom is -0.508 e. The second-order valence-electron chi connectivity index (χ2n) is 23.2. The summed E-state index contributed by atoms with van der Waals surface area (Å²) in [5.74, 6) is 2.49. The Kier molecular flexibility index (Phi) is 21.8. The maximum atomic E-state index is 11.9. The number of hydrogen-bond acceptors (Lipinski definition) is 14. The van der Waals surface area contributed by atoms with E-state index in [0.29, 0.717) is 67.5 Å². The van der Waals surface area contributed by atoms with Gasteiger partial charge >= 0.3 is 5.97 Å². The number of aromatic nitrogens is 6. The van der Waals surface area contributed by atoms with Gasteiger partial charge in [-0.25, -0.2) is 19.7 Å². The summed E-state index contributed by atoms with van der Waals surface area (Å²) in [5, 5.41) is 78.9. The van der Waals surface area contributed by atoms with Crippen LogP contribution in [0.4, 0.5) is 5.69 Å². The van der Waals surface area contributed by atoms with E-state index in [0.717, 1.165) is 90.6 Å². The normalized spacial score (nSPS) is 11.0. The molecule has 0 aliphatic carbocycles. The Morgan fingerprint density at radius 1 is 0.490 bits per heavy atom. The van der Waals surface area contributed by atoms with E-state index in [9.17, 15) is 25.2 Å². The van der Waals surface area contributed by atoms with E-state index in [4.69, 9.17) is 43.3 Å². The number of carboxylic acid groups (broad SMARTS) is 1. The Bertz CT molecular complexity index is 4760. The first-order valence-electron chi connectivity index (χ1n) is 30.7. The van der Waals surface area contributed by atoms with Gasteiger partial charge in [-0.3, -0.25) is 0 Å². The van der Waals surface area contributed by atoms with Gasteiger partial charge in [0.05, 0.1) is 21.7 Å². The van der Waals surface area contributed by atoms with Crippen LogP contribution in [-0.2, 0) is 0 Å². The molecule has 0 saturated carbocycles. The van der Waals surface area contributed by atoms with E-state index in [-0.39, 0.29) is 39.3 Å². The van der Waals surface area contributed by atoms with Gasteiger partial charge in [-0.15, -0.1) is 15.0 Å². The Labute approximate surface area is 566 Å². The van der Waals surface area contributed by atoms with Crippen molar-refractivity contribution in [2.75, 3.05) is 18.0 Å². The van der Waals surface area contributed by atoms with Gasteiger partial charge in [0.2, 0.25) is 0 Å². The smallest absolute Gasteiger partial charge is 0.336 e. The minimum absolute atomic E-state index is 0.00281. The minimum atomic E-state index is -0.948. The highest BCUT2D eigenvalue weighted by Crippen LogP contribution is 2.40. The Morgan fingerprint density at radius 2 is 1.05 bits per heavy atom. The molecule has 96 heavy (non-hydrogen) atoms. The van der Waals surface area contributed by atoms with Crippen LogP contribution in [0.25, 0.3) is 63.0 Å². The summed E-state index contributed by atoms with van der Waals surface area (Å²) in [6.45, 7) is 25.4. The van der Waals surface area contributed by atoms with Gasteiger partial charge in [-0.2, -0.15) is 0 Å². The lowest BCUT2D eigenvalue weighted by atomic mass is 9.89. The molecule has 10 aromatic carbocycles. The zero-order valence-electron chi connectivity index (χ0n) is 54.8. The van der Waals surface area contributed by atoms with Crippen molar-refractivity contribution < 1.29 is 45.3 Å². The molecule has 3 heterocycles. The first kappa shape index (κ1) is 69.1. The van der Waals surface area contributed by atoms with Crippen LogP contribution in [0.1, 0.15) is 79.8 Å². The van der Waals surface area contributed by atoms with Crippen LogP contribution in [-0.4, -0.2) is 84.8 Å². The molecule has 13 rings (SSSR count). The van der Waals surface area contributed by atoms with Gasteiger partial charge in [0.25, 0.3) is 0 Å². The Morgan fingerprint density at radius 3 is 1.64 bits per heavy atom. The number of aryl methyl sites for hydroxylation is 8. The van der Waals surface area contributed by atoms with Gasteiger partial charge < -0.3 is 45.4 Å². The second kappa shape index (κ2) is 30.3. The van der Waals surface area contributed by atoms with Crippen LogP contribution >= 0.6 is 23.2 Å². The van der Waals surface area contributed by atoms with Gasteiger partial charge in [0.15, 0.2) is 17.5 Å². The fourth-order valence-corrected chi connectivity index (χ4v) is 11.0. The molecule has 0 saturated heterocycles. The number of carbonyl (C=O) groups is 1. The highest BCUT2D eigenvalue weighted by Gasteiger charge is 2.25. The number of ether oxygens (including phenoxy) is 1. The van der Waals surface area contributed by atoms with Crippen molar-refractivity contribution in [1.29, 1.82) is 0 Å². The van der Waals surface area contributed by atoms with Gasteiger partial charge in [0, 0.05) is 57.9 Å². The van der Waals surface area contributed by atoms with E-state index < -0.39 is 5.97 Å².